The molecule has 0 saturated heterocycles. The molecule has 1 atom stereocenters. The van der Waals surface area contributed by atoms with Crippen molar-refractivity contribution >= 4 is 5.69 Å². The van der Waals surface area contributed by atoms with E-state index in [-0.39, 0.29) is 6.04 Å². The first-order chi connectivity index (χ1) is 9.15. The van der Waals surface area contributed by atoms with Gasteiger partial charge in [-0.15, -0.1) is 0 Å². The summed E-state index contributed by atoms with van der Waals surface area (Å²) in [6.07, 6.45) is 2.29. The van der Waals surface area contributed by atoms with Gasteiger partial charge in [-0.1, -0.05) is 5.16 Å². The summed E-state index contributed by atoms with van der Waals surface area (Å²) in [5, 5.41) is 4.00. The minimum Gasteiger partial charge on any atom is -0.374 e. The zero-order chi connectivity index (χ0) is 13.4. The first-order valence-corrected chi connectivity index (χ1v) is 6.59. The first-order valence-electron chi connectivity index (χ1n) is 6.59. The van der Waals surface area contributed by atoms with Crippen molar-refractivity contribution in [3.63, 3.8) is 0 Å². The Hall–Kier alpha value is -1.88. The van der Waals surface area contributed by atoms with Gasteiger partial charge in [-0.25, -0.2) is 0 Å². The molecule has 3 rings (SSSR count). The van der Waals surface area contributed by atoms with Gasteiger partial charge in [0, 0.05) is 24.8 Å². The lowest BCUT2D eigenvalue weighted by Crippen LogP contribution is -2.24. The molecule has 1 aliphatic rings. The smallest absolute Gasteiger partial charge is 0.243 e. The molecule has 0 saturated carbocycles. The highest BCUT2D eigenvalue weighted by atomic mass is 16.5. The lowest BCUT2D eigenvalue weighted by molar-refractivity contribution is 0.362. The summed E-state index contributed by atoms with van der Waals surface area (Å²) in [7, 11) is 2.13. The van der Waals surface area contributed by atoms with Crippen molar-refractivity contribution in [3.8, 4) is 11.4 Å². The largest absolute Gasteiger partial charge is 0.374 e. The molecule has 1 aromatic carbocycles. The Morgan fingerprint density at radius 1 is 1.42 bits per heavy atom. The lowest BCUT2D eigenvalue weighted by Gasteiger charge is -2.27. The van der Waals surface area contributed by atoms with E-state index >= 15 is 0 Å². The normalized spacial score (nSPS) is 16.3. The van der Waals surface area contributed by atoms with E-state index in [1.807, 2.05) is 13.0 Å². The molecule has 19 heavy (non-hydrogen) atoms. The van der Waals surface area contributed by atoms with Gasteiger partial charge in [0.15, 0.2) is 0 Å². The molecule has 1 aromatic heterocycles. The Labute approximate surface area is 112 Å². The van der Waals surface area contributed by atoms with Gasteiger partial charge in [-0.3, -0.25) is 0 Å². The topological polar surface area (TPSA) is 68.2 Å². The Balaban J connectivity index is 1.97. The van der Waals surface area contributed by atoms with Crippen molar-refractivity contribution in [2.75, 3.05) is 18.5 Å². The quantitative estimate of drug-likeness (QED) is 0.893. The molecule has 2 N–H and O–H groups in total. The molecule has 0 spiro atoms. The highest BCUT2D eigenvalue weighted by molar-refractivity contribution is 5.65. The van der Waals surface area contributed by atoms with Crippen LogP contribution in [-0.2, 0) is 6.42 Å². The molecule has 5 heteroatoms. The summed E-state index contributed by atoms with van der Waals surface area (Å²) in [6.45, 7) is 2.95. The fourth-order valence-corrected chi connectivity index (χ4v) is 2.46. The molecule has 0 amide bonds. The van der Waals surface area contributed by atoms with Crippen LogP contribution in [0.1, 0.15) is 30.8 Å². The van der Waals surface area contributed by atoms with Crippen molar-refractivity contribution in [1.82, 2.24) is 10.1 Å². The van der Waals surface area contributed by atoms with Crippen LogP contribution in [0.2, 0.25) is 0 Å². The molecule has 2 aromatic rings. The fourth-order valence-electron chi connectivity index (χ4n) is 2.46. The number of hydrogen-bond donors (Lipinski definition) is 1. The molecule has 2 heterocycles. The van der Waals surface area contributed by atoms with Crippen LogP contribution in [0.5, 0.6) is 0 Å². The van der Waals surface area contributed by atoms with Gasteiger partial charge < -0.3 is 15.2 Å². The Morgan fingerprint density at radius 2 is 2.26 bits per heavy atom. The predicted octanol–water partition coefficient (Wildman–Crippen LogP) is 2.14. The Bertz CT molecular complexity index is 591. The van der Waals surface area contributed by atoms with Crippen molar-refractivity contribution in [2.24, 2.45) is 5.73 Å². The average Bonchev–Trinajstić information content (AvgIpc) is 2.88. The lowest BCUT2D eigenvalue weighted by atomic mass is 9.99. The first kappa shape index (κ1) is 12.2. The fraction of sp³-hybridized carbons (Fsp3) is 0.429. The minimum absolute atomic E-state index is 0.231. The summed E-state index contributed by atoms with van der Waals surface area (Å²) in [6, 6.07) is 6.09. The molecule has 0 aliphatic carbocycles. The maximum Gasteiger partial charge on any atom is 0.243 e. The highest BCUT2D eigenvalue weighted by Crippen LogP contribution is 2.30. The maximum atomic E-state index is 5.73. The summed E-state index contributed by atoms with van der Waals surface area (Å²) in [4.78, 5) is 6.62. The van der Waals surface area contributed by atoms with Crippen LogP contribution in [0, 0.1) is 0 Å². The highest BCUT2D eigenvalue weighted by Gasteiger charge is 2.17. The third kappa shape index (κ3) is 2.21. The molecule has 0 fully saturated rings. The van der Waals surface area contributed by atoms with Crippen molar-refractivity contribution in [2.45, 2.75) is 25.8 Å². The van der Waals surface area contributed by atoms with Crippen molar-refractivity contribution < 1.29 is 4.52 Å². The van der Waals surface area contributed by atoms with E-state index in [0.29, 0.717) is 11.7 Å². The van der Waals surface area contributed by atoms with Gasteiger partial charge >= 0.3 is 0 Å². The number of aryl methyl sites for hydroxylation is 1. The molecule has 0 radical (unpaired) electrons. The van der Waals surface area contributed by atoms with E-state index in [2.05, 4.69) is 34.2 Å². The van der Waals surface area contributed by atoms with Crippen LogP contribution in [0.4, 0.5) is 5.69 Å². The number of hydrogen-bond acceptors (Lipinski definition) is 5. The SMILES string of the molecule is CC(N)c1nc(-c2ccc3c(c2)CCCN3C)no1. The average molecular weight is 258 g/mol. The van der Waals surface area contributed by atoms with Gasteiger partial charge in [0.05, 0.1) is 6.04 Å². The number of nitrogens with two attached hydrogens (primary N) is 1. The molecular formula is C14H18N4O. The van der Waals surface area contributed by atoms with E-state index in [4.69, 9.17) is 10.3 Å². The Kier molecular flexibility index (Phi) is 2.98. The second-order valence-corrected chi connectivity index (χ2v) is 5.11. The summed E-state index contributed by atoms with van der Waals surface area (Å²) in [5.74, 6) is 1.09. The van der Waals surface area contributed by atoms with Crippen LogP contribution < -0.4 is 10.6 Å². The zero-order valence-corrected chi connectivity index (χ0v) is 11.3. The molecule has 0 bridgehead atoms. The van der Waals surface area contributed by atoms with Crippen LogP contribution in [-0.4, -0.2) is 23.7 Å². The minimum atomic E-state index is -0.231. The number of anilines is 1. The van der Waals surface area contributed by atoms with Crippen LogP contribution >= 0.6 is 0 Å². The standard InChI is InChI=1S/C14H18N4O/c1-9(15)14-16-13(17-19-14)11-5-6-12-10(8-11)4-3-7-18(12)2/h5-6,8-9H,3-4,7,15H2,1-2H3. The van der Waals surface area contributed by atoms with Gasteiger partial charge in [0.25, 0.3) is 0 Å². The van der Waals surface area contributed by atoms with E-state index in [9.17, 15) is 0 Å². The van der Waals surface area contributed by atoms with E-state index < -0.39 is 0 Å². The number of nitrogens with zero attached hydrogens (tertiary/aromatic N) is 3. The number of aromatic nitrogens is 2. The third-order valence-corrected chi connectivity index (χ3v) is 3.52. The van der Waals surface area contributed by atoms with E-state index in [1.54, 1.807) is 0 Å². The van der Waals surface area contributed by atoms with Gasteiger partial charge in [0.2, 0.25) is 11.7 Å². The summed E-state index contributed by atoms with van der Waals surface area (Å²) >= 11 is 0. The number of rotatable bonds is 2. The van der Waals surface area contributed by atoms with Crippen LogP contribution in [0.25, 0.3) is 11.4 Å². The molecular weight excluding hydrogens is 240 g/mol. The van der Waals surface area contributed by atoms with E-state index in [1.165, 1.54) is 17.7 Å². The second kappa shape index (κ2) is 4.66. The van der Waals surface area contributed by atoms with Crippen LogP contribution in [0.3, 0.4) is 0 Å². The molecule has 1 unspecified atom stereocenters. The van der Waals surface area contributed by atoms with E-state index in [0.717, 1.165) is 18.5 Å². The van der Waals surface area contributed by atoms with Gasteiger partial charge in [0.1, 0.15) is 0 Å². The Morgan fingerprint density at radius 3 is 3.00 bits per heavy atom. The van der Waals surface area contributed by atoms with Gasteiger partial charge in [-0.2, -0.15) is 4.98 Å². The maximum absolute atomic E-state index is 5.73. The van der Waals surface area contributed by atoms with Crippen molar-refractivity contribution in [3.05, 3.63) is 29.7 Å². The van der Waals surface area contributed by atoms with Crippen molar-refractivity contribution in [1.29, 1.82) is 0 Å². The molecule has 5 nitrogen and oxygen atoms in total. The monoisotopic (exact) mass is 258 g/mol. The summed E-state index contributed by atoms with van der Waals surface area (Å²) in [5.41, 5.74) is 9.36. The number of benzene rings is 1. The second-order valence-electron chi connectivity index (χ2n) is 5.11. The predicted molar refractivity (Wildman–Crippen MR) is 73.9 cm³/mol. The summed E-state index contributed by atoms with van der Waals surface area (Å²) < 4.78 is 5.15. The number of fused-ring (bicyclic) bond motifs is 1. The third-order valence-electron chi connectivity index (χ3n) is 3.52. The van der Waals surface area contributed by atoms with Gasteiger partial charge in [-0.05, 0) is 43.5 Å². The zero-order valence-electron chi connectivity index (χ0n) is 11.3. The molecule has 1 aliphatic heterocycles. The van der Waals surface area contributed by atoms with Crippen LogP contribution in [0.15, 0.2) is 22.7 Å². The molecule has 100 valence electrons.